The average molecular weight is 336 g/mol. The van der Waals surface area contributed by atoms with Gasteiger partial charge in [-0.1, -0.05) is 22.8 Å². The summed E-state index contributed by atoms with van der Waals surface area (Å²) in [6, 6.07) is 7.60. The lowest BCUT2D eigenvalue weighted by atomic mass is 9.85. The molecule has 4 rings (SSSR count). The highest BCUT2D eigenvalue weighted by Gasteiger charge is 2.51. The molecule has 2 aliphatic rings. The Kier molecular flexibility index (Phi) is 3.75. The SMILES string of the molecule is O[C@H]1[C@@H]2C[C@H](CNc3nnc(-c4cccc(Cl)c4)o3)[C@@H](C2)[C@H]1O. The molecule has 1 aromatic carbocycles. The van der Waals surface area contributed by atoms with E-state index in [1.54, 1.807) is 12.1 Å². The van der Waals surface area contributed by atoms with E-state index >= 15 is 0 Å². The van der Waals surface area contributed by atoms with Gasteiger partial charge in [0.1, 0.15) is 0 Å². The maximum atomic E-state index is 9.99. The van der Waals surface area contributed by atoms with Crippen LogP contribution in [-0.2, 0) is 0 Å². The van der Waals surface area contributed by atoms with E-state index in [9.17, 15) is 10.2 Å². The van der Waals surface area contributed by atoms with Crippen LogP contribution in [0.3, 0.4) is 0 Å². The van der Waals surface area contributed by atoms with Gasteiger partial charge in [0.25, 0.3) is 0 Å². The standard InChI is InChI=1S/C16H18ClN3O3/c17-11-3-1-2-8(5-11)15-19-20-16(23-15)18-7-10-4-9-6-12(10)14(22)13(9)21/h1-3,5,9-10,12-14,21-22H,4,6-7H2,(H,18,20)/t9-,10-,12-,13+,14-/m1/s1. The lowest BCUT2D eigenvalue weighted by molar-refractivity contribution is -0.0317. The van der Waals surface area contributed by atoms with E-state index in [1.165, 1.54) is 0 Å². The molecule has 1 aromatic heterocycles. The minimum atomic E-state index is -0.606. The molecule has 3 N–H and O–H groups in total. The molecule has 0 saturated heterocycles. The first-order chi connectivity index (χ1) is 11.1. The zero-order valence-corrected chi connectivity index (χ0v) is 13.1. The van der Waals surface area contributed by atoms with Gasteiger partial charge < -0.3 is 19.9 Å². The van der Waals surface area contributed by atoms with Gasteiger partial charge in [-0.05, 0) is 48.8 Å². The van der Waals surface area contributed by atoms with Gasteiger partial charge >= 0.3 is 6.01 Å². The minimum Gasteiger partial charge on any atom is -0.403 e. The molecule has 23 heavy (non-hydrogen) atoms. The van der Waals surface area contributed by atoms with Gasteiger partial charge in [0, 0.05) is 17.1 Å². The number of hydrogen-bond donors (Lipinski definition) is 3. The first kappa shape index (κ1) is 14.9. The van der Waals surface area contributed by atoms with Gasteiger partial charge in [0.05, 0.1) is 12.2 Å². The zero-order chi connectivity index (χ0) is 16.0. The molecule has 2 bridgehead atoms. The third-order valence-corrected chi connectivity index (χ3v) is 5.30. The maximum Gasteiger partial charge on any atom is 0.315 e. The van der Waals surface area contributed by atoms with Crippen molar-refractivity contribution >= 4 is 17.6 Å². The molecule has 2 fully saturated rings. The van der Waals surface area contributed by atoms with Crippen molar-refractivity contribution in [2.75, 3.05) is 11.9 Å². The number of anilines is 1. The number of rotatable bonds is 4. The van der Waals surface area contributed by atoms with Gasteiger partial charge in [0.2, 0.25) is 5.89 Å². The van der Waals surface area contributed by atoms with Gasteiger partial charge in [-0.3, -0.25) is 0 Å². The number of aliphatic hydroxyl groups is 2. The van der Waals surface area contributed by atoms with E-state index in [4.69, 9.17) is 16.0 Å². The molecule has 1 heterocycles. The van der Waals surface area contributed by atoms with Crippen molar-refractivity contribution < 1.29 is 14.6 Å². The predicted molar refractivity (Wildman–Crippen MR) is 85.0 cm³/mol. The molecule has 0 unspecified atom stereocenters. The Balaban J connectivity index is 1.40. The Morgan fingerprint density at radius 3 is 2.83 bits per heavy atom. The monoisotopic (exact) mass is 335 g/mol. The summed E-state index contributed by atoms with van der Waals surface area (Å²) >= 11 is 5.96. The van der Waals surface area contributed by atoms with E-state index in [2.05, 4.69) is 15.5 Å². The number of nitrogens with one attached hydrogen (secondary N) is 1. The number of benzene rings is 1. The van der Waals surface area contributed by atoms with Crippen molar-refractivity contribution in [3.63, 3.8) is 0 Å². The second-order valence-electron chi connectivity index (χ2n) is 6.44. The molecule has 0 aliphatic heterocycles. The highest BCUT2D eigenvalue weighted by molar-refractivity contribution is 6.30. The van der Waals surface area contributed by atoms with Crippen LogP contribution in [0.25, 0.3) is 11.5 Å². The Hall–Kier alpha value is -1.63. The van der Waals surface area contributed by atoms with Crippen LogP contribution in [0.2, 0.25) is 5.02 Å². The van der Waals surface area contributed by atoms with E-state index in [0.717, 1.165) is 18.4 Å². The van der Waals surface area contributed by atoms with E-state index in [-0.39, 0.29) is 11.8 Å². The summed E-state index contributed by atoms with van der Waals surface area (Å²) in [4.78, 5) is 0. The highest BCUT2D eigenvalue weighted by Crippen LogP contribution is 2.48. The van der Waals surface area contributed by atoms with Gasteiger partial charge in [-0.15, -0.1) is 5.10 Å². The topological polar surface area (TPSA) is 91.4 Å². The van der Waals surface area contributed by atoms with Gasteiger partial charge in [-0.2, -0.15) is 0 Å². The molecule has 7 heteroatoms. The predicted octanol–water partition coefficient (Wildman–Crippen LogP) is 2.18. The van der Waals surface area contributed by atoms with Gasteiger partial charge in [0.15, 0.2) is 0 Å². The Morgan fingerprint density at radius 2 is 2.09 bits per heavy atom. The lowest BCUT2D eigenvalue weighted by Gasteiger charge is -2.29. The number of nitrogens with zero attached hydrogens (tertiary/aromatic N) is 2. The van der Waals surface area contributed by atoms with Crippen LogP contribution in [0.15, 0.2) is 28.7 Å². The van der Waals surface area contributed by atoms with Gasteiger partial charge in [-0.25, -0.2) is 0 Å². The highest BCUT2D eigenvalue weighted by atomic mass is 35.5. The largest absolute Gasteiger partial charge is 0.403 e. The summed E-state index contributed by atoms with van der Waals surface area (Å²) in [5.74, 6) is 1.10. The molecule has 5 atom stereocenters. The van der Waals surface area contributed by atoms with Crippen molar-refractivity contribution in [3.05, 3.63) is 29.3 Å². The molecule has 2 aliphatic carbocycles. The molecule has 122 valence electrons. The number of halogens is 1. The van der Waals surface area contributed by atoms with Crippen LogP contribution >= 0.6 is 11.6 Å². The van der Waals surface area contributed by atoms with Crippen molar-refractivity contribution in [1.82, 2.24) is 10.2 Å². The Bertz CT molecular complexity index is 705. The Labute approximate surface area is 138 Å². The number of aromatic nitrogens is 2. The molecule has 2 saturated carbocycles. The van der Waals surface area contributed by atoms with Crippen molar-refractivity contribution in [3.8, 4) is 11.5 Å². The van der Waals surface area contributed by atoms with E-state index < -0.39 is 12.2 Å². The second-order valence-corrected chi connectivity index (χ2v) is 6.88. The maximum absolute atomic E-state index is 9.99. The molecule has 2 aromatic rings. The molecular formula is C16H18ClN3O3. The van der Waals surface area contributed by atoms with Crippen LogP contribution in [0.1, 0.15) is 12.8 Å². The fraction of sp³-hybridized carbons (Fsp3) is 0.500. The van der Waals surface area contributed by atoms with E-state index in [0.29, 0.717) is 29.4 Å². The smallest absolute Gasteiger partial charge is 0.315 e. The average Bonchev–Trinajstić information content (AvgIpc) is 3.23. The molecule has 0 amide bonds. The lowest BCUT2D eigenvalue weighted by Crippen LogP contribution is -2.38. The quantitative estimate of drug-likeness (QED) is 0.793. The number of hydrogen-bond acceptors (Lipinski definition) is 6. The third kappa shape index (κ3) is 2.71. The number of fused-ring (bicyclic) bond motifs is 2. The normalized spacial score (nSPS) is 32.4. The molecule has 6 nitrogen and oxygen atoms in total. The fourth-order valence-corrected chi connectivity index (χ4v) is 4.11. The van der Waals surface area contributed by atoms with Crippen LogP contribution < -0.4 is 5.32 Å². The first-order valence-electron chi connectivity index (χ1n) is 7.81. The summed E-state index contributed by atoms with van der Waals surface area (Å²) in [7, 11) is 0. The molecule has 0 radical (unpaired) electrons. The number of aliphatic hydroxyl groups excluding tert-OH is 2. The van der Waals surface area contributed by atoms with Crippen molar-refractivity contribution in [2.45, 2.75) is 25.0 Å². The van der Waals surface area contributed by atoms with E-state index in [1.807, 2.05) is 12.1 Å². The van der Waals surface area contributed by atoms with Crippen molar-refractivity contribution in [1.29, 1.82) is 0 Å². The Morgan fingerprint density at radius 1 is 1.22 bits per heavy atom. The second kappa shape index (κ2) is 5.78. The summed E-state index contributed by atoms with van der Waals surface area (Å²) in [6.45, 7) is 0.655. The van der Waals surface area contributed by atoms with Crippen LogP contribution in [0.5, 0.6) is 0 Å². The molecule has 0 spiro atoms. The summed E-state index contributed by atoms with van der Waals surface area (Å²) in [6.07, 6.45) is 0.650. The summed E-state index contributed by atoms with van der Waals surface area (Å²) < 4.78 is 5.61. The summed E-state index contributed by atoms with van der Waals surface area (Å²) in [5, 5.41) is 31.6. The van der Waals surface area contributed by atoms with Crippen LogP contribution in [0.4, 0.5) is 6.01 Å². The summed E-state index contributed by atoms with van der Waals surface area (Å²) in [5.41, 5.74) is 0.775. The third-order valence-electron chi connectivity index (χ3n) is 5.07. The van der Waals surface area contributed by atoms with Crippen LogP contribution in [-0.4, -0.2) is 39.2 Å². The van der Waals surface area contributed by atoms with Crippen molar-refractivity contribution in [2.24, 2.45) is 17.8 Å². The minimum absolute atomic E-state index is 0.151. The van der Waals surface area contributed by atoms with Crippen LogP contribution in [0, 0.1) is 17.8 Å². The zero-order valence-electron chi connectivity index (χ0n) is 12.4. The fourth-order valence-electron chi connectivity index (χ4n) is 3.92. The first-order valence-corrected chi connectivity index (χ1v) is 8.19. The molecular weight excluding hydrogens is 318 g/mol.